The molecule has 0 fully saturated rings. The van der Waals surface area contributed by atoms with E-state index in [1.807, 2.05) is 30.3 Å². The van der Waals surface area contributed by atoms with Gasteiger partial charge in [0.05, 0.1) is 11.1 Å². The van der Waals surface area contributed by atoms with Gasteiger partial charge in [-0.05, 0) is 17.7 Å². The molecule has 0 radical (unpaired) electrons. The topological polar surface area (TPSA) is 114 Å². The monoisotopic (exact) mass is 416 g/mol. The van der Waals surface area contributed by atoms with Crippen LogP contribution in [0.3, 0.4) is 0 Å². The van der Waals surface area contributed by atoms with E-state index < -0.39 is 16.9 Å². The van der Waals surface area contributed by atoms with Crippen molar-refractivity contribution >= 4 is 23.7 Å². The lowest BCUT2D eigenvalue weighted by Gasteiger charge is -2.17. The average Bonchev–Trinajstić information content (AvgIpc) is 2.80. The lowest BCUT2D eigenvalue weighted by Crippen LogP contribution is -2.46. The van der Waals surface area contributed by atoms with Crippen molar-refractivity contribution in [1.82, 2.24) is 10.7 Å². The van der Waals surface area contributed by atoms with Crippen molar-refractivity contribution in [2.45, 2.75) is 12.5 Å². The van der Waals surface area contributed by atoms with Gasteiger partial charge in [-0.15, -0.1) is 0 Å². The van der Waals surface area contributed by atoms with Crippen molar-refractivity contribution in [3.63, 3.8) is 0 Å². The molecule has 156 valence electrons. The van der Waals surface area contributed by atoms with Gasteiger partial charge in [-0.1, -0.05) is 60.7 Å². The average molecular weight is 416 g/mol. The Kier molecular flexibility index (Phi) is 7.21. The van der Waals surface area contributed by atoms with Gasteiger partial charge >= 0.3 is 0 Å². The maximum absolute atomic E-state index is 12.7. The maximum atomic E-state index is 12.7. The quantitative estimate of drug-likeness (QED) is 0.334. The Bertz CT molecular complexity index is 1090. The minimum Gasteiger partial charge on any atom is -0.340 e. The van der Waals surface area contributed by atoms with E-state index in [4.69, 9.17) is 0 Å². The Labute approximate surface area is 178 Å². The van der Waals surface area contributed by atoms with E-state index in [0.717, 1.165) is 5.56 Å². The summed E-state index contributed by atoms with van der Waals surface area (Å²) in [4.78, 5) is 35.6. The van der Waals surface area contributed by atoms with Crippen molar-refractivity contribution < 1.29 is 14.5 Å². The zero-order valence-electron chi connectivity index (χ0n) is 16.5. The first-order valence-electron chi connectivity index (χ1n) is 9.50. The molecule has 0 saturated carbocycles. The highest BCUT2D eigenvalue weighted by molar-refractivity contribution is 5.97. The van der Waals surface area contributed by atoms with Gasteiger partial charge in [0.2, 0.25) is 0 Å². The molecule has 1 unspecified atom stereocenters. The molecule has 2 amide bonds. The second-order valence-corrected chi connectivity index (χ2v) is 6.67. The molecule has 0 aliphatic rings. The van der Waals surface area contributed by atoms with E-state index in [1.54, 1.807) is 36.4 Å². The molecule has 3 aromatic rings. The van der Waals surface area contributed by atoms with Gasteiger partial charge in [0.25, 0.3) is 17.5 Å². The Hall–Kier alpha value is -4.33. The fourth-order valence-corrected chi connectivity index (χ4v) is 2.86. The van der Waals surface area contributed by atoms with Crippen LogP contribution in [0, 0.1) is 10.1 Å². The molecule has 8 nitrogen and oxygen atoms in total. The SMILES string of the molecule is O=C(NC(Cc1ccccc1)C(=O)N/N=C/c1cccc([N+](=O)[O-])c1)c1ccccc1. The smallest absolute Gasteiger partial charge is 0.270 e. The molecule has 3 rings (SSSR count). The Morgan fingerprint density at radius 2 is 1.65 bits per heavy atom. The Morgan fingerprint density at radius 3 is 2.32 bits per heavy atom. The van der Waals surface area contributed by atoms with E-state index in [2.05, 4.69) is 15.8 Å². The first kappa shape index (κ1) is 21.4. The van der Waals surface area contributed by atoms with E-state index >= 15 is 0 Å². The predicted octanol–water partition coefficient (Wildman–Crippen LogP) is 3.09. The van der Waals surface area contributed by atoms with Crippen molar-refractivity contribution in [2.75, 3.05) is 0 Å². The molecule has 0 aliphatic heterocycles. The molecule has 0 spiro atoms. The number of carbonyl (C=O) groups excluding carboxylic acids is 2. The second-order valence-electron chi connectivity index (χ2n) is 6.67. The zero-order valence-corrected chi connectivity index (χ0v) is 16.5. The zero-order chi connectivity index (χ0) is 22.1. The number of carbonyl (C=O) groups is 2. The summed E-state index contributed by atoms with van der Waals surface area (Å²) in [5.74, 6) is -0.880. The Balaban J connectivity index is 1.71. The van der Waals surface area contributed by atoms with Crippen LogP contribution in [0.5, 0.6) is 0 Å². The third-order valence-electron chi connectivity index (χ3n) is 4.41. The number of hydrazone groups is 1. The number of hydrogen-bond acceptors (Lipinski definition) is 5. The number of rotatable bonds is 8. The summed E-state index contributed by atoms with van der Waals surface area (Å²) in [6.45, 7) is 0. The summed E-state index contributed by atoms with van der Waals surface area (Å²) in [6.07, 6.45) is 1.58. The molecular formula is C23H20N4O4. The summed E-state index contributed by atoms with van der Waals surface area (Å²) < 4.78 is 0. The lowest BCUT2D eigenvalue weighted by molar-refractivity contribution is -0.384. The molecule has 3 aromatic carbocycles. The molecule has 31 heavy (non-hydrogen) atoms. The van der Waals surface area contributed by atoms with Gasteiger partial charge in [-0.25, -0.2) is 5.43 Å². The lowest BCUT2D eigenvalue weighted by atomic mass is 10.0. The van der Waals surface area contributed by atoms with Gasteiger partial charge in [-0.3, -0.25) is 19.7 Å². The molecular weight excluding hydrogens is 396 g/mol. The summed E-state index contributed by atoms with van der Waals surface area (Å²) >= 11 is 0. The normalized spacial score (nSPS) is 11.6. The highest BCUT2D eigenvalue weighted by Crippen LogP contribution is 2.11. The molecule has 0 aliphatic carbocycles. The first-order chi connectivity index (χ1) is 15.0. The van der Waals surface area contributed by atoms with E-state index in [-0.39, 0.29) is 18.0 Å². The molecule has 0 saturated heterocycles. The van der Waals surface area contributed by atoms with Crippen LogP contribution in [-0.2, 0) is 11.2 Å². The van der Waals surface area contributed by atoms with Crippen LogP contribution in [-0.4, -0.2) is 29.0 Å². The standard InChI is InChI=1S/C23H20N4O4/c28-22(19-11-5-2-6-12-19)25-21(15-17-8-3-1-4-9-17)23(29)26-24-16-18-10-7-13-20(14-18)27(30)31/h1-14,16,21H,15H2,(H,25,28)(H,26,29)/b24-16+. The van der Waals surface area contributed by atoms with E-state index in [0.29, 0.717) is 11.1 Å². The molecule has 2 N–H and O–H groups in total. The summed E-state index contributed by atoms with van der Waals surface area (Å²) in [5.41, 5.74) is 4.10. The summed E-state index contributed by atoms with van der Waals surface area (Å²) in [7, 11) is 0. The van der Waals surface area contributed by atoms with E-state index in [9.17, 15) is 19.7 Å². The number of nitro groups is 1. The largest absolute Gasteiger partial charge is 0.340 e. The number of hydrogen-bond donors (Lipinski definition) is 2. The van der Waals surface area contributed by atoms with Gasteiger partial charge in [0, 0.05) is 29.7 Å². The summed E-state index contributed by atoms with van der Waals surface area (Å²) in [5, 5.41) is 17.5. The van der Waals surface area contributed by atoms with E-state index in [1.165, 1.54) is 24.4 Å². The molecule has 0 aromatic heterocycles. The fraction of sp³-hybridized carbons (Fsp3) is 0.0870. The van der Waals surface area contributed by atoms with Crippen LogP contribution in [0.1, 0.15) is 21.5 Å². The number of benzene rings is 3. The van der Waals surface area contributed by atoms with Gasteiger partial charge in [0.15, 0.2) is 0 Å². The van der Waals surface area contributed by atoms with Crippen LogP contribution in [0.4, 0.5) is 5.69 Å². The summed E-state index contributed by atoms with van der Waals surface area (Å²) in [6, 6.07) is 22.9. The van der Waals surface area contributed by atoms with Crippen LogP contribution < -0.4 is 10.7 Å². The first-order valence-corrected chi connectivity index (χ1v) is 9.50. The number of nitrogens with zero attached hydrogens (tertiary/aromatic N) is 2. The third kappa shape index (κ3) is 6.33. The van der Waals surface area contributed by atoms with Gasteiger partial charge < -0.3 is 5.32 Å². The van der Waals surface area contributed by atoms with Crippen LogP contribution in [0.25, 0.3) is 0 Å². The second kappa shape index (κ2) is 10.4. The van der Waals surface area contributed by atoms with Crippen molar-refractivity contribution in [2.24, 2.45) is 5.10 Å². The van der Waals surface area contributed by atoms with Gasteiger partial charge in [0.1, 0.15) is 6.04 Å². The van der Waals surface area contributed by atoms with Gasteiger partial charge in [-0.2, -0.15) is 5.10 Å². The maximum Gasteiger partial charge on any atom is 0.270 e. The molecule has 0 heterocycles. The minimum atomic E-state index is -0.864. The molecule has 1 atom stereocenters. The van der Waals surface area contributed by atoms with Crippen molar-refractivity contribution in [1.29, 1.82) is 0 Å². The number of nitro benzene ring substituents is 1. The van der Waals surface area contributed by atoms with Crippen LogP contribution in [0.2, 0.25) is 0 Å². The highest BCUT2D eigenvalue weighted by atomic mass is 16.6. The fourth-order valence-electron chi connectivity index (χ4n) is 2.86. The van der Waals surface area contributed by atoms with Crippen molar-refractivity contribution in [3.05, 3.63) is 112 Å². The number of non-ortho nitro benzene ring substituents is 1. The third-order valence-corrected chi connectivity index (χ3v) is 4.41. The number of nitrogens with one attached hydrogen (secondary N) is 2. The van der Waals surface area contributed by atoms with Crippen LogP contribution >= 0.6 is 0 Å². The number of amides is 2. The van der Waals surface area contributed by atoms with Crippen LogP contribution in [0.15, 0.2) is 90.0 Å². The molecule has 0 bridgehead atoms. The molecule has 8 heteroatoms. The predicted molar refractivity (Wildman–Crippen MR) is 117 cm³/mol. The Morgan fingerprint density at radius 1 is 0.968 bits per heavy atom. The van der Waals surface area contributed by atoms with Crippen molar-refractivity contribution in [3.8, 4) is 0 Å². The minimum absolute atomic E-state index is 0.0765. The highest BCUT2D eigenvalue weighted by Gasteiger charge is 2.21.